The summed E-state index contributed by atoms with van der Waals surface area (Å²) in [7, 11) is 3.66. The SMILES string of the molecule is BC(B)(B)NC(=O)c1nnc(NC(=O)C2CC2)cc1Nc1cccc(-c2noc(CN3CCCCS3(=O)=O)n2)c1OC. The van der Waals surface area contributed by atoms with E-state index in [-0.39, 0.29) is 53.0 Å². The number of methoxy groups -OCH3 is 1. The number of hydrogen-bond donors (Lipinski definition) is 3. The molecule has 0 spiro atoms. The van der Waals surface area contributed by atoms with Crippen LogP contribution in [0.5, 0.6) is 5.75 Å². The van der Waals surface area contributed by atoms with Gasteiger partial charge in [-0.25, -0.2) is 8.42 Å². The summed E-state index contributed by atoms with van der Waals surface area (Å²) in [5, 5.41) is 20.5. The molecule has 1 saturated heterocycles. The van der Waals surface area contributed by atoms with Crippen molar-refractivity contribution in [2.75, 3.05) is 30.0 Å². The van der Waals surface area contributed by atoms with E-state index in [0.717, 1.165) is 19.3 Å². The van der Waals surface area contributed by atoms with E-state index < -0.39 is 21.2 Å². The van der Waals surface area contributed by atoms with E-state index in [4.69, 9.17) is 9.26 Å². The number of para-hydroxylation sites is 1. The zero-order chi connectivity index (χ0) is 30.1. The maximum absolute atomic E-state index is 13.1. The van der Waals surface area contributed by atoms with Crippen molar-refractivity contribution in [3.05, 3.63) is 35.9 Å². The number of sulfonamides is 1. The van der Waals surface area contributed by atoms with Crippen molar-refractivity contribution >= 4 is 62.6 Å². The first-order chi connectivity index (χ1) is 19.9. The number of benzene rings is 1. The van der Waals surface area contributed by atoms with E-state index in [2.05, 4.69) is 36.3 Å². The van der Waals surface area contributed by atoms with Gasteiger partial charge in [0.2, 0.25) is 27.6 Å². The molecule has 5 rings (SSSR count). The summed E-state index contributed by atoms with van der Waals surface area (Å²) in [6, 6.07) is 6.75. The van der Waals surface area contributed by atoms with Crippen LogP contribution in [0.1, 0.15) is 42.1 Å². The summed E-state index contributed by atoms with van der Waals surface area (Å²) >= 11 is 0. The van der Waals surface area contributed by atoms with Gasteiger partial charge >= 0.3 is 0 Å². The van der Waals surface area contributed by atoms with Gasteiger partial charge in [-0.15, -0.1) is 10.2 Å². The molecule has 1 aromatic carbocycles. The number of hydrogen-bond acceptors (Lipinski definition) is 11. The molecule has 0 unspecified atom stereocenters. The highest BCUT2D eigenvalue weighted by molar-refractivity contribution is 7.89. The maximum Gasteiger partial charge on any atom is 0.272 e. The van der Waals surface area contributed by atoms with Gasteiger partial charge in [0.15, 0.2) is 17.3 Å². The number of ether oxygens (including phenoxy) is 1. The molecule has 2 amide bonds. The number of anilines is 3. The van der Waals surface area contributed by atoms with E-state index in [1.54, 1.807) is 24.3 Å². The van der Waals surface area contributed by atoms with Crippen LogP contribution in [0.2, 0.25) is 0 Å². The molecule has 1 saturated carbocycles. The Balaban J connectivity index is 1.45. The predicted molar refractivity (Wildman–Crippen MR) is 162 cm³/mol. The van der Waals surface area contributed by atoms with Crippen LogP contribution in [-0.4, -0.2) is 93.1 Å². The second-order valence-electron chi connectivity index (χ2n) is 11.3. The van der Waals surface area contributed by atoms with Crippen molar-refractivity contribution in [2.24, 2.45) is 5.92 Å². The largest absolute Gasteiger partial charge is 0.494 e. The molecule has 218 valence electrons. The zero-order valence-corrected chi connectivity index (χ0v) is 24.7. The van der Waals surface area contributed by atoms with Crippen LogP contribution in [0.15, 0.2) is 28.8 Å². The highest BCUT2D eigenvalue weighted by atomic mass is 32.2. The highest BCUT2D eigenvalue weighted by Crippen LogP contribution is 2.38. The van der Waals surface area contributed by atoms with E-state index in [1.165, 1.54) is 11.4 Å². The van der Waals surface area contributed by atoms with Crippen LogP contribution >= 0.6 is 0 Å². The molecule has 2 fully saturated rings. The van der Waals surface area contributed by atoms with Crippen molar-refractivity contribution in [1.82, 2.24) is 30.0 Å². The average molecular weight is 592 g/mol. The lowest BCUT2D eigenvalue weighted by molar-refractivity contribution is -0.117. The van der Waals surface area contributed by atoms with Gasteiger partial charge in [0.1, 0.15) is 23.5 Å². The molecule has 42 heavy (non-hydrogen) atoms. The first-order valence-corrected chi connectivity index (χ1v) is 15.3. The molecule has 0 bridgehead atoms. The Morgan fingerprint density at radius 1 is 1.17 bits per heavy atom. The third kappa shape index (κ3) is 6.93. The number of nitrogens with zero attached hydrogens (tertiary/aromatic N) is 5. The molecule has 1 aliphatic heterocycles. The second kappa shape index (κ2) is 11.8. The molecule has 0 radical (unpaired) electrons. The lowest BCUT2D eigenvalue weighted by atomic mass is 9.49. The van der Waals surface area contributed by atoms with Crippen LogP contribution in [0, 0.1) is 5.92 Å². The van der Waals surface area contributed by atoms with Crippen molar-refractivity contribution < 1.29 is 27.3 Å². The van der Waals surface area contributed by atoms with Crippen molar-refractivity contribution in [1.29, 1.82) is 0 Å². The predicted octanol–water partition coefficient (Wildman–Crippen LogP) is -1.21. The molecule has 3 aromatic rings. The van der Waals surface area contributed by atoms with Gasteiger partial charge < -0.3 is 25.2 Å². The van der Waals surface area contributed by atoms with Gasteiger partial charge in [-0.3, -0.25) is 9.59 Å². The Hall–Kier alpha value is -3.92. The minimum absolute atomic E-state index is 0.0140. The fourth-order valence-electron chi connectivity index (χ4n) is 4.46. The fraction of sp³-hybridized carbons (Fsp3) is 0.417. The van der Waals surface area contributed by atoms with Gasteiger partial charge in [-0.2, -0.15) is 9.29 Å². The van der Waals surface area contributed by atoms with E-state index in [0.29, 0.717) is 30.0 Å². The molecule has 1 aliphatic carbocycles. The summed E-state index contributed by atoms with van der Waals surface area (Å²) < 4.78 is 37.3. The average Bonchev–Trinajstić information content (AvgIpc) is 3.67. The zero-order valence-electron chi connectivity index (χ0n) is 23.9. The quantitative estimate of drug-likeness (QED) is 0.241. The first-order valence-electron chi connectivity index (χ1n) is 13.7. The molecule has 3 N–H and O–H groups in total. The topological polar surface area (TPSA) is 182 Å². The number of amides is 2. The van der Waals surface area contributed by atoms with Crippen molar-refractivity contribution in [3.8, 4) is 17.1 Å². The maximum atomic E-state index is 13.1. The highest BCUT2D eigenvalue weighted by Gasteiger charge is 2.31. The van der Waals surface area contributed by atoms with Crippen LogP contribution in [-0.2, 0) is 21.4 Å². The number of aromatic nitrogens is 4. The third-order valence-electron chi connectivity index (χ3n) is 6.66. The summed E-state index contributed by atoms with van der Waals surface area (Å²) in [6.07, 6.45) is 3.05. The Morgan fingerprint density at radius 3 is 2.64 bits per heavy atom. The van der Waals surface area contributed by atoms with Gasteiger partial charge in [0, 0.05) is 18.5 Å². The van der Waals surface area contributed by atoms with Gasteiger partial charge in [0.05, 0.1) is 36.3 Å². The van der Waals surface area contributed by atoms with E-state index >= 15 is 0 Å². The molecule has 2 aromatic heterocycles. The monoisotopic (exact) mass is 592 g/mol. The van der Waals surface area contributed by atoms with E-state index in [9.17, 15) is 18.0 Å². The first kappa shape index (κ1) is 29.6. The lowest BCUT2D eigenvalue weighted by Gasteiger charge is -2.24. The fourth-order valence-corrected chi connectivity index (χ4v) is 6.01. The summed E-state index contributed by atoms with van der Waals surface area (Å²) in [4.78, 5) is 29.9. The van der Waals surface area contributed by atoms with Gasteiger partial charge in [-0.1, -0.05) is 11.2 Å². The molecule has 3 heterocycles. The molecule has 0 atom stereocenters. The van der Waals surface area contributed by atoms with Gasteiger partial charge in [0.25, 0.3) is 5.91 Å². The summed E-state index contributed by atoms with van der Waals surface area (Å²) in [5.41, 5.74) is 1.24. The number of nitrogens with one attached hydrogen (secondary N) is 3. The Labute approximate surface area is 246 Å². The Bertz CT molecular complexity index is 1610. The minimum atomic E-state index is -3.37. The van der Waals surface area contributed by atoms with Crippen LogP contribution < -0.4 is 20.7 Å². The van der Waals surface area contributed by atoms with Gasteiger partial charge in [-0.05, 0) is 43.1 Å². The van der Waals surface area contributed by atoms with Crippen LogP contribution in [0.3, 0.4) is 0 Å². The number of carbonyl (C=O) groups is 2. The van der Waals surface area contributed by atoms with E-state index in [1.807, 2.05) is 23.5 Å². The van der Waals surface area contributed by atoms with Crippen LogP contribution in [0.4, 0.5) is 17.2 Å². The molecule has 14 nitrogen and oxygen atoms in total. The minimum Gasteiger partial charge on any atom is -0.494 e. The van der Waals surface area contributed by atoms with Crippen molar-refractivity contribution in [2.45, 2.75) is 37.5 Å². The van der Waals surface area contributed by atoms with Crippen molar-refractivity contribution in [3.63, 3.8) is 0 Å². The number of carbonyl (C=O) groups excluding carboxylic acids is 2. The second-order valence-corrected chi connectivity index (χ2v) is 13.4. The Kier molecular flexibility index (Phi) is 8.28. The third-order valence-corrected chi connectivity index (χ3v) is 8.56. The molecular formula is C24H31B3N8O6S. The molecule has 2 aliphatic rings. The molecular weight excluding hydrogens is 561 g/mol. The number of rotatable bonds is 10. The summed E-state index contributed by atoms with van der Waals surface area (Å²) in [6.45, 7) is 0.386. The van der Waals surface area contributed by atoms with Crippen LogP contribution in [0.25, 0.3) is 11.4 Å². The Morgan fingerprint density at radius 2 is 1.95 bits per heavy atom. The summed E-state index contributed by atoms with van der Waals surface area (Å²) in [5.74, 6) is 0.364. The molecule has 18 heteroatoms. The lowest BCUT2D eigenvalue weighted by Crippen LogP contribution is -2.50. The normalized spacial score (nSPS) is 16.9. The standard InChI is InChI=1S/C24H31B3N8O6S/c1-40-20-14(21-30-18(41-34-21)12-35-9-2-3-10-42(35,38)39)5-4-6-15(20)28-16-11-17(29-22(36)13-7-8-13)32-33-19(16)23(37)31-24(25,26)27/h4-6,11,13H,2-3,7-10,12,25-27H2,1H3,(H,31,37)(H2,28,29,32,36). The smallest absolute Gasteiger partial charge is 0.272 e.